The number of hydrogen-bond donors (Lipinski definition) is 3. The van der Waals surface area contributed by atoms with Crippen molar-refractivity contribution in [3.8, 4) is 5.75 Å². The van der Waals surface area contributed by atoms with Crippen LogP contribution in [0, 0.1) is 5.82 Å². The minimum Gasteiger partial charge on any atom is -0.508 e. The van der Waals surface area contributed by atoms with Crippen molar-refractivity contribution in [2.75, 3.05) is 10.6 Å². The number of phenols is 1. The first-order valence-corrected chi connectivity index (χ1v) is 8.77. The maximum Gasteiger partial charge on any atom is 0.257 e. The second-order valence-electron chi connectivity index (χ2n) is 5.92. The Labute approximate surface area is 168 Å². The van der Waals surface area contributed by atoms with E-state index in [9.17, 15) is 14.3 Å². The van der Waals surface area contributed by atoms with Crippen molar-refractivity contribution in [1.82, 2.24) is 9.97 Å². The third-order valence-electron chi connectivity index (χ3n) is 4.06. The first kappa shape index (κ1) is 18.2. The van der Waals surface area contributed by atoms with Crippen molar-refractivity contribution in [3.63, 3.8) is 0 Å². The summed E-state index contributed by atoms with van der Waals surface area (Å²) in [5.41, 5.74) is 1.77. The number of fused-ring (bicyclic) bond motifs is 1. The Kier molecular flexibility index (Phi) is 4.62. The Morgan fingerprint density at radius 2 is 1.93 bits per heavy atom. The molecule has 9 heteroatoms. The van der Waals surface area contributed by atoms with Gasteiger partial charge in [-0.1, -0.05) is 23.2 Å². The highest BCUT2D eigenvalue weighted by Gasteiger charge is 2.29. The number of nitrogens with zero attached hydrogens (tertiary/aromatic N) is 2. The van der Waals surface area contributed by atoms with Gasteiger partial charge in [0.1, 0.15) is 29.5 Å². The maximum atomic E-state index is 13.4. The third-order valence-corrected chi connectivity index (χ3v) is 4.68. The van der Waals surface area contributed by atoms with E-state index in [1.807, 2.05) is 0 Å². The number of anilines is 3. The zero-order valence-corrected chi connectivity index (χ0v) is 15.5. The van der Waals surface area contributed by atoms with Crippen LogP contribution in [0.15, 0.2) is 42.7 Å². The molecule has 2 heterocycles. The molecule has 0 atom stereocenters. The first-order valence-electron chi connectivity index (χ1n) is 8.01. The van der Waals surface area contributed by atoms with Crippen LogP contribution >= 0.6 is 23.2 Å². The highest BCUT2D eigenvalue weighted by atomic mass is 35.5. The summed E-state index contributed by atoms with van der Waals surface area (Å²) in [6.07, 6.45) is 2.87. The molecule has 0 spiro atoms. The molecule has 4 rings (SSSR count). The zero-order valence-electron chi connectivity index (χ0n) is 14.0. The first-order chi connectivity index (χ1) is 13.4. The maximum absolute atomic E-state index is 13.4. The predicted molar refractivity (Wildman–Crippen MR) is 106 cm³/mol. The molecular weight excluding hydrogens is 406 g/mol. The quantitative estimate of drug-likeness (QED) is 0.530. The second kappa shape index (κ2) is 7.10. The van der Waals surface area contributed by atoms with Gasteiger partial charge in [0, 0.05) is 5.69 Å². The molecule has 1 aliphatic heterocycles. The summed E-state index contributed by atoms with van der Waals surface area (Å²) in [5, 5.41) is 15.4. The van der Waals surface area contributed by atoms with Gasteiger partial charge in [-0.2, -0.15) is 0 Å². The van der Waals surface area contributed by atoms with Gasteiger partial charge in [-0.25, -0.2) is 14.4 Å². The smallest absolute Gasteiger partial charge is 0.257 e. The average molecular weight is 417 g/mol. The number of nitrogens with one attached hydrogen (secondary N) is 2. The second-order valence-corrected chi connectivity index (χ2v) is 6.73. The van der Waals surface area contributed by atoms with E-state index in [1.54, 1.807) is 12.1 Å². The molecule has 0 saturated carbocycles. The number of aromatic nitrogens is 2. The summed E-state index contributed by atoms with van der Waals surface area (Å²) >= 11 is 12.0. The Balaban J connectivity index is 1.79. The number of amides is 1. The highest BCUT2D eigenvalue weighted by molar-refractivity contribution is 6.37. The predicted octanol–water partition coefficient (Wildman–Crippen LogP) is 4.86. The Bertz CT molecular complexity index is 1150. The van der Waals surface area contributed by atoms with Crippen molar-refractivity contribution in [2.45, 2.75) is 0 Å². The van der Waals surface area contributed by atoms with Crippen molar-refractivity contribution < 1.29 is 14.3 Å². The summed E-state index contributed by atoms with van der Waals surface area (Å²) < 4.78 is 13.4. The fraction of sp³-hybridized carbons (Fsp3) is 0. The van der Waals surface area contributed by atoms with Crippen LogP contribution in [0.2, 0.25) is 10.0 Å². The van der Waals surface area contributed by atoms with Gasteiger partial charge >= 0.3 is 0 Å². The fourth-order valence-corrected chi connectivity index (χ4v) is 3.17. The van der Waals surface area contributed by atoms with Crippen LogP contribution < -0.4 is 10.6 Å². The van der Waals surface area contributed by atoms with Gasteiger partial charge in [-0.15, -0.1) is 0 Å². The van der Waals surface area contributed by atoms with Crippen molar-refractivity contribution in [3.05, 3.63) is 69.7 Å². The largest absolute Gasteiger partial charge is 0.508 e. The molecule has 3 aromatic rings. The lowest BCUT2D eigenvalue weighted by molar-refractivity contribution is -0.110. The number of rotatable bonds is 3. The number of hydrogen-bond acceptors (Lipinski definition) is 5. The summed E-state index contributed by atoms with van der Waals surface area (Å²) in [4.78, 5) is 20.8. The SMILES string of the molecule is O=C1Nc2ncnc(Nc3ccc(F)c(Cl)c3)c2C1=Cc1ccc(O)cc1Cl. The molecule has 6 nitrogen and oxygen atoms in total. The van der Waals surface area contributed by atoms with E-state index in [0.717, 1.165) is 0 Å². The van der Waals surface area contributed by atoms with Gasteiger partial charge in [0.2, 0.25) is 0 Å². The van der Waals surface area contributed by atoms with Gasteiger partial charge in [-0.05, 0) is 48.0 Å². The molecule has 140 valence electrons. The minimum absolute atomic E-state index is 0.0160. The van der Waals surface area contributed by atoms with E-state index in [-0.39, 0.29) is 21.7 Å². The summed E-state index contributed by atoms with van der Waals surface area (Å²) in [5.74, 6) is -0.231. The molecule has 28 heavy (non-hydrogen) atoms. The van der Waals surface area contributed by atoms with Gasteiger partial charge in [0.05, 0.1) is 21.2 Å². The molecule has 0 aliphatic carbocycles. The standard InChI is InChI=1S/C19H11Cl2FN4O2/c20-13-7-11(27)3-1-9(13)5-12-16-17(23-8-24-18(16)26-19(12)28)25-10-2-4-15(22)14(21)6-10/h1-8,27H,(H2,23,24,25,26,28). The lowest BCUT2D eigenvalue weighted by Crippen LogP contribution is -2.04. The van der Waals surface area contributed by atoms with Crippen LogP contribution in [0.3, 0.4) is 0 Å². The van der Waals surface area contributed by atoms with E-state index in [0.29, 0.717) is 34.0 Å². The van der Waals surface area contributed by atoms with Crippen molar-refractivity contribution in [1.29, 1.82) is 0 Å². The van der Waals surface area contributed by atoms with Crippen LogP contribution in [0.1, 0.15) is 11.1 Å². The Hall–Kier alpha value is -3.16. The molecular formula is C19H11Cl2FN4O2. The number of halogens is 3. The molecule has 0 unspecified atom stereocenters. The Morgan fingerprint density at radius 3 is 2.68 bits per heavy atom. The van der Waals surface area contributed by atoms with Crippen LogP contribution in [0.25, 0.3) is 11.6 Å². The summed E-state index contributed by atoms with van der Waals surface area (Å²) in [6.45, 7) is 0. The number of carbonyl (C=O) groups is 1. The van der Waals surface area contributed by atoms with Gasteiger partial charge < -0.3 is 15.7 Å². The molecule has 1 aliphatic rings. The van der Waals surface area contributed by atoms with Gasteiger partial charge in [0.15, 0.2) is 0 Å². The number of carbonyl (C=O) groups excluding carboxylic acids is 1. The van der Waals surface area contributed by atoms with Gasteiger partial charge in [-0.3, -0.25) is 4.79 Å². The molecule has 0 saturated heterocycles. The van der Waals surface area contributed by atoms with E-state index >= 15 is 0 Å². The van der Waals surface area contributed by atoms with Gasteiger partial charge in [0.25, 0.3) is 5.91 Å². The van der Waals surface area contributed by atoms with Crippen LogP contribution in [0.4, 0.5) is 21.7 Å². The van der Waals surface area contributed by atoms with Crippen molar-refractivity contribution in [2.24, 2.45) is 0 Å². The normalized spacial score (nSPS) is 14.1. The van der Waals surface area contributed by atoms with Crippen LogP contribution in [-0.4, -0.2) is 21.0 Å². The number of benzene rings is 2. The molecule has 1 amide bonds. The third kappa shape index (κ3) is 3.37. The number of aromatic hydroxyl groups is 1. The zero-order chi connectivity index (χ0) is 19.8. The summed E-state index contributed by atoms with van der Waals surface area (Å²) in [6, 6.07) is 8.57. The lowest BCUT2D eigenvalue weighted by atomic mass is 10.1. The van der Waals surface area contributed by atoms with E-state index in [1.165, 1.54) is 36.7 Å². The molecule has 0 fully saturated rings. The van der Waals surface area contributed by atoms with Crippen LogP contribution in [0.5, 0.6) is 5.75 Å². The molecule has 3 N–H and O–H groups in total. The highest BCUT2D eigenvalue weighted by Crippen LogP contribution is 2.38. The monoisotopic (exact) mass is 416 g/mol. The summed E-state index contributed by atoms with van der Waals surface area (Å²) in [7, 11) is 0. The molecule has 2 aromatic carbocycles. The molecule has 0 bridgehead atoms. The fourth-order valence-electron chi connectivity index (χ4n) is 2.76. The van der Waals surface area contributed by atoms with Crippen molar-refractivity contribution >= 4 is 58.1 Å². The number of phenolic OH excluding ortho intramolecular Hbond substituents is 1. The molecule has 0 radical (unpaired) electrons. The van der Waals surface area contributed by atoms with Crippen LogP contribution in [-0.2, 0) is 4.79 Å². The Morgan fingerprint density at radius 1 is 1.11 bits per heavy atom. The molecule has 1 aromatic heterocycles. The van der Waals surface area contributed by atoms with E-state index < -0.39 is 5.82 Å². The lowest BCUT2D eigenvalue weighted by Gasteiger charge is -2.10. The van der Waals surface area contributed by atoms with E-state index in [2.05, 4.69) is 20.6 Å². The van der Waals surface area contributed by atoms with E-state index in [4.69, 9.17) is 23.2 Å². The average Bonchev–Trinajstić information content (AvgIpc) is 2.97. The minimum atomic E-state index is -0.542. The topological polar surface area (TPSA) is 87.1 Å².